The largest absolute Gasteiger partial charge is 0.337 e. The van der Waals surface area contributed by atoms with Crippen LogP contribution in [-0.4, -0.2) is 40.8 Å². The summed E-state index contributed by atoms with van der Waals surface area (Å²) >= 11 is 1.79. The van der Waals surface area contributed by atoms with Crippen LogP contribution in [0.4, 0.5) is 0 Å². The van der Waals surface area contributed by atoms with E-state index in [9.17, 15) is 4.79 Å². The standard InChI is InChI=1S/C14H18N2OS/c17-14-10-15(9-13-7-4-8-16(13)14)18-11-12-5-2-1-3-6-12/h1-3,5-6,13H,4,7-11H2. The highest BCUT2D eigenvalue weighted by Gasteiger charge is 2.35. The summed E-state index contributed by atoms with van der Waals surface area (Å²) in [6, 6.07) is 10.9. The topological polar surface area (TPSA) is 23.6 Å². The van der Waals surface area contributed by atoms with Gasteiger partial charge in [0.05, 0.1) is 6.54 Å². The zero-order valence-corrected chi connectivity index (χ0v) is 11.2. The van der Waals surface area contributed by atoms with E-state index in [4.69, 9.17) is 0 Å². The van der Waals surface area contributed by atoms with Crippen molar-refractivity contribution >= 4 is 17.9 Å². The Morgan fingerprint density at radius 2 is 2.11 bits per heavy atom. The van der Waals surface area contributed by atoms with E-state index in [-0.39, 0.29) is 0 Å². The van der Waals surface area contributed by atoms with Crippen LogP contribution in [-0.2, 0) is 10.5 Å². The van der Waals surface area contributed by atoms with E-state index in [1.807, 2.05) is 6.07 Å². The number of benzene rings is 1. The zero-order valence-electron chi connectivity index (χ0n) is 10.4. The Morgan fingerprint density at radius 1 is 1.28 bits per heavy atom. The Hall–Kier alpha value is -1.00. The summed E-state index contributed by atoms with van der Waals surface area (Å²) < 4.78 is 2.24. The van der Waals surface area contributed by atoms with Crippen molar-refractivity contribution in [1.29, 1.82) is 0 Å². The fraction of sp³-hybridized carbons (Fsp3) is 0.500. The molecule has 1 unspecified atom stereocenters. The first-order valence-electron chi connectivity index (χ1n) is 6.54. The van der Waals surface area contributed by atoms with Crippen LogP contribution in [0.5, 0.6) is 0 Å². The smallest absolute Gasteiger partial charge is 0.238 e. The van der Waals surface area contributed by atoms with E-state index in [1.165, 1.54) is 18.4 Å². The maximum absolute atomic E-state index is 12.0. The predicted molar refractivity (Wildman–Crippen MR) is 74.0 cm³/mol. The molecule has 0 aliphatic carbocycles. The van der Waals surface area contributed by atoms with Gasteiger partial charge in [-0.05, 0) is 18.4 Å². The Morgan fingerprint density at radius 3 is 2.94 bits per heavy atom. The van der Waals surface area contributed by atoms with Crippen molar-refractivity contribution < 1.29 is 4.79 Å². The second kappa shape index (κ2) is 5.33. The fourth-order valence-corrected chi connectivity index (χ4v) is 3.74. The highest BCUT2D eigenvalue weighted by atomic mass is 32.2. The SMILES string of the molecule is O=C1CN(SCc2ccccc2)CC2CCCN12. The van der Waals surface area contributed by atoms with Gasteiger partial charge in [-0.1, -0.05) is 42.3 Å². The average Bonchev–Trinajstić information content (AvgIpc) is 2.86. The normalized spacial score (nSPS) is 24.3. The number of hydrogen-bond acceptors (Lipinski definition) is 3. The van der Waals surface area contributed by atoms with Crippen LogP contribution in [0, 0.1) is 0 Å². The van der Waals surface area contributed by atoms with Crippen molar-refractivity contribution in [3.05, 3.63) is 35.9 Å². The summed E-state index contributed by atoms with van der Waals surface area (Å²) in [5.41, 5.74) is 1.32. The minimum Gasteiger partial charge on any atom is -0.337 e. The number of carbonyl (C=O) groups is 1. The molecule has 2 fully saturated rings. The second-order valence-electron chi connectivity index (χ2n) is 4.96. The van der Waals surface area contributed by atoms with Crippen molar-refractivity contribution in [1.82, 2.24) is 9.21 Å². The number of carbonyl (C=O) groups excluding carboxylic acids is 1. The molecule has 0 bridgehead atoms. The maximum Gasteiger partial charge on any atom is 0.238 e. The lowest BCUT2D eigenvalue weighted by Gasteiger charge is -2.36. The molecular weight excluding hydrogens is 244 g/mol. The molecule has 3 rings (SSSR count). The van der Waals surface area contributed by atoms with Crippen LogP contribution in [0.1, 0.15) is 18.4 Å². The van der Waals surface area contributed by atoms with Crippen LogP contribution in [0.15, 0.2) is 30.3 Å². The minimum atomic E-state index is 0.310. The van der Waals surface area contributed by atoms with Gasteiger partial charge in [0.15, 0.2) is 0 Å². The monoisotopic (exact) mass is 262 g/mol. The number of nitrogens with zero attached hydrogens (tertiary/aromatic N) is 2. The van der Waals surface area contributed by atoms with Crippen molar-refractivity contribution in [2.24, 2.45) is 0 Å². The Bertz CT molecular complexity index is 423. The molecule has 0 radical (unpaired) electrons. The van der Waals surface area contributed by atoms with E-state index in [2.05, 4.69) is 33.5 Å². The highest BCUT2D eigenvalue weighted by Crippen LogP contribution is 2.27. The molecule has 1 atom stereocenters. The Kier molecular flexibility index (Phi) is 3.57. The average molecular weight is 262 g/mol. The first-order chi connectivity index (χ1) is 8.83. The summed E-state index contributed by atoms with van der Waals surface area (Å²) in [7, 11) is 0. The second-order valence-corrected chi connectivity index (χ2v) is 6.03. The summed E-state index contributed by atoms with van der Waals surface area (Å²) in [5.74, 6) is 1.27. The van der Waals surface area contributed by atoms with Gasteiger partial charge in [-0.15, -0.1) is 0 Å². The summed E-state index contributed by atoms with van der Waals surface area (Å²) in [4.78, 5) is 14.0. The molecule has 0 N–H and O–H groups in total. The molecule has 0 aromatic heterocycles. The highest BCUT2D eigenvalue weighted by molar-refractivity contribution is 7.96. The Balaban J connectivity index is 1.56. The molecule has 1 aromatic carbocycles. The Labute approximate surface area is 112 Å². The maximum atomic E-state index is 12.0. The van der Waals surface area contributed by atoms with Crippen molar-refractivity contribution in [3.8, 4) is 0 Å². The van der Waals surface area contributed by atoms with E-state index in [0.717, 1.165) is 18.8 Å². The predicted octanol–water partition coefficient (Wildman–Crippen LogP) is 2.14. The van der Waals surface area contributed by atoms with Gasteiger partial charge in [0.2, 0.25) is 5.91 Å². The lowest BCUT2D eigenvalue weighted by molar-refractivity contribution is -0.135. The fourth-order valence-electron chi connectivity index (χ4n) is 2.73. The van der Waals surface area contributed by atoms with E-state index in [0.29, 0.717) is 18.5 Å². The molecule has 2 aliphatic heterocycles. The third-order valence-corrected chi connectivity index (χ3v) is 4.79. The van der Waals surface area contributed by atoms with Crippen LogP contribution in [0.25, 0.3) is 0 Å². The summed E-state index contributed by atoms with van der Waals surface area (Å²) in [5, 5.41) is 0. The number of piperazine rings is 1. The van der Waals surface area contributed by atoms with Crippen LogP contribution in [0.3, 0.4) is 0 Å². The van der Waals surface area contributed by atoms with E-state index in [1.54, 1.807) is 11.9 Å². The molecule has 0 spiro atoms. The number of amides is 1. The van der Waals surface area contributed by atoms with E-state index >= 15 is 0 Å². The molecule has 2 heterocycles. The molecule has 3 nitrogen and oxygen atoms in total. The lowest BCUT2D eigenvalue weighted by Crippen LogP contribution is -2.51. The van der Waals surface area contributed by atoms with Crippen LogP contribution >= 0.6 is 11.9 Å². The summed E-state index contributed by atoms with van der Waals surface area (Å²) in [6.07, 6.45) is 2.35. The third kappa shape index (κ3) is 2.54. The zero-order chi connectivity index (χ0) is 12.4. The molecule has 2 aliphatic rings. The molecule has 4 heteroatoms. The van der Waals surface area contributed by atoms with Crippen LogP contribution < -0.4 is 0 Å². The number of rotatable bonds is 3. The number of fused-ring (bicyclic) bond motifs is 1. The minimum absolute atomic E-state index is 0.310. The van der Waals surface area contributed by atoms with E-state index < -0.39 is 0 Å². The molecule has 0 saturated carbocycles. The van der Waals surface area contributed by atoms with Crippen molar-refractivity contribution in [2.75, 3.05) is 19.6 Å². The molecule has 96 valence electrons. The molecule has 2 saturated heterocycles. The summed E-state index contributed by atoms with van der Waals surface area (Å²) in [6.45, 7) is 2.58. The van der Waals surface area contributed by atoms with Gasteiger partial charge in [0.1, 0.15) is 0 Å². The molecule has 18 heavy (non-hydrogen) atoms. The van der Waals surface area contributed by atoms with Crippen molar-refractivity contribution in [2.45, 2.75) is 24.6 Å². The van der Waals surface area contributed by atoms with Gasteiger partial charge in [-0.25, -0.2) is 4.31 Å². The van der Waals surface area contributed by atoms with Gasteiger partial charge in [-0.3, -0.25) is 4.79 Å². The third-order valence-electron chi connectivity index (χ3n) is 3.68. The molecule has 1 amide bonds. The first-order valence-corrected chi connectivity index (χ1v) is 7.48. The first kappa shape index (κ1) is 12.1. The van der Waals surface area contributed by atoms with Gasteiger partial charge in [0.25, 0.3) is 0 Å². The van der Waals surface area contributed by atoms with Gasteiger partial charge >= 0.3 is 0 Å². The van der Waals surface area contributed by atoms with Gasteiger partial charge in [0, 0.05) is 24.9 Å². The van der Waals surface area contributed by atoms with Crippen molar-refractivity contribution in [3.63, 3.8) is 0 Å². The molecule has 1 aromatic rings. The quantitative estimate of drug-likeness (QED) is 0.780. The molecular formula is C14H18N2OS. The van der Waals surface area contributed by atoms with Gasteiger partial charge in [-0.2, -0.15) is 0 Å². The van der Waals surface area contributed by atoms with Crippen LogP contribution in [0.2, 0.25) is 0 Å². The lowest BCUT2D eigenvalue weighted by atomic mass is 10.2. The number of hydrogen-bond donors (Lipinski definition) is 0. The van der Waals surface area contributed by atoms with Gasteiger partial charge < -0.3 is 4.90 Å².